The molecule has 0 unspecified atom stereocenters. The fourth-order valence-electron chi connectivity index (χ4n) is 3.65. The maximum absolute atomic E-state index is 2.29. The normalized spacial score (nSPS) is 13.9. The Morgan fingerprint density at radius 1 is 0.737 bits per heavy atom. The molecule has 0 saturated carbocycles. The molecule has 0 aromatic heterocycles. The SMILES string of the molecule is C1=Cc2ccc3c(c2C1)-c1cccc2cccc-3c12. The highest BCUT2D eigenvalue weighted by Crippen LogP contribution is 2.50. The molecule has 19 heavy (non-hydrogen) atoms. The van der Waals surface area contributed by atoms with Crippen LogP contribution in [-0.2, 0) is 6.42 Å². The summed E-state index contributed by atoms with van der Waals surface area (Å²) >= 11 is 0. The predicted molar refractivity (Wildman–Crippen MR) is 81.1 cm³/mol. The molecule has 3 aromatic rings. The van der Waals surface area contributed by atoms with Crippen LogP contribution in [0.3, 0.4) is 0 Å². The molecule has 0 amide bonds. The van der Waals surface area contributed by atoms with Gasteiger partial charge in [-0.1, -0.05) is 60.7 Å². The van der Waals surface area contributed by atoms with Crippen molar-refractivity contribution in [2.24, 2.45) is 0 Å². The molecule has 0 heteroatoms. The van der Waals surface area contributed by atoms with Crippen LogP contribution in [0.25, 0.3) is 39.1 Å². The van der Waals surface area contributed by atoms with Gasteiger partial charge in [-0.15, -0.1) is 0 Å². The van der Waals surface area contributed by atoms with Crippen LogP contribution in [0.15, 0.2) is 54.6 Å². The van der Waals surface area contributed by atoms with Gasteiger partial charge in [0.2, 0.25) is 0 Å². The molecule has 0 aliphatic heterocycles. The lowest BCUT2D eigenvalue weighted by molar-refractivity contribution is 1.32. The second kappa shape index (κ2) is 3.16. The highest BCUT2D eigenvalue weighted by molar-refractivity contribution is 6.16. The molecule has 0 heterocycles. The summed E-state index contributed by atoms with van der Waals surface area (Å²) in [6, 6.07) is 17.9. The zero-order chi connectivity index (χ0) is 12.4. The van der Waals surface area contributed by atoms with Crippen molar-refractivity contribution >= 4 is 16.8 Å². The molecule has 3 aromatic carbocycles. The fourth-order valence-corrected chi connectivity index (χ4v) is 3.65. The molecule has 0 N–H and O–H groups in total. The van der Waals surface area contributed by atoms with E-state index in [1.807, 2.05) is 0 Å². The van der Waals surface area contributed by atoms with Crippen LogP contribution >= 0.6 is 0 Å². The first-order valence-electron chi connectivity index (χ1n) is 6.78. The molecule has 0 radical (unpaired) electrons. The lowest BCUT2D eigenvalue weighted by atomic mass is 9.95. The average molecular weight is 240 g/mol. The first kappa shape index (κ1) is 9.57. The summed E-state index contributed by atoms with van der Waals surface area (Å²) in [5.41, 5.74) is 8.59. The minimum Gasteiger partial charge on any atom is -0.0795 e. The second-order valence-electron chi connectivity index (χ2n) is 5.37. The van der Waals surface area contributed by atoms with Gasteiger partial charge in [-0.05, 0) is 50.6 Å². The van der Waals surface area contributed by atoms with Crippen molar-refractivity contribution in [3.8, 4) is 22.3 Å². The van der Waals surface area contributed by atoms with Gasteiger partial charge in [-0.2, -0.15) is 0 Å². The van der Waals surface area contributed by atoms with Crippen LogP contribution in [0.2, 0.25) is 0 Å². The highest BCUT2D eigenvalue weighted by atomic mass is 14.3. The third-order valence-electron chi connectivity index (χ3n) is 4.43. The Bertz CT molecular complexity index is 877. The van der Waals surface area contributed by atoms with Crippen molar-refractivity contribution < 1.29 is 0 Å². The van der Waals surface area contributed by atoms with Crippen molar-refractivity contribution in [3.05, 3.63) is 65.7 Å². The first-order valence-corrected chi connectivity index (χ1v) is 6.78. The van der Waals surface area contributed by atoms with E-state index in [4.69, 9.17) is 0 Å². The monoisotopic (exact) mass is 240 g/mol. The lowest BCUT2D eigenvalue weighted by Crippen LogP contribution is -1.88. The Hall–Kier alpha value is -2.34. The molecule has 5 rings (SSSR count). The number of fused-ring (bicyclic) bond motifs is 5. The maximum Gasteiger partial charge on any atom is -0.00263 e. The molecule has 0 bridgehead atoms. The van der Waals surface area contributed by atoms with Crippen molar-refractivity contribution in [1.82, 2.24) is 0 Å². The van der Waals surface area contributed by atoms with Crippen LogP contribution in [0.1, 0.15) is 11.1 Å². The summed E-state index contributed by atoms with van der Waals surface area (Å²) in [5, 5.41) is 2.78. The Balaban J connectivity index is 2.03. The predicted octanol–water partition coefficient (Wildman–Crippen LogP) is 5.06. The molecule has 0 spiro atoms. The van der Waals surface area contributed by atoms with Gasteiger partial charge in [0.1, 0.15) is 0 Å². The number of hydrogen-bond donors (Lipinski definition) is 0. The standard InChI is InChI=1S/C19H12/c1-4-12-10-11-16-15-8-2-5-13-6-3-9-17(18(13)15)19(16)14(12)7-1/h1-6,8-11H,7H2. The summed E-state index contributed by atoms with van der Waals surface area (Å²) in [4.78, 5) is 0. The van der Waals surface area contributed by atoms with E-state index in [9.17, 15) is 0 Å². The minimum atomic E-state index is 1.07. The van der Waals surface area contributed by atoms with Gasteiger partial charge in [0, 0.05) is 0 Å². The first-order chi connectivity index (χ1) is 9.43. The maximum atomic E-state index is 2.29. The summed E-state index contributed by atoms with van der Waals surface area (Å²) in [7, 11) is 0. The smallest absolute Gasteiger partial charge is 0.00263 e. The van der Waals surface area contributed by atoms with Gasteiger partial charge in [0.15, 0.2) is 0 Å². The number of rotatable bonds is 0. The van der Waals surface area contributed by atoms with Crippen LogP contribution in [0.5, 0.6) is 0 Å². The topological polar surface area (TPSA) is 0 Å². The summed E-state index contributed by atoms with van der Waals surface area (Å²) in [6.07, 6.45) is 5.59. The highest BCUT2D eigenvalue weighted by Gasteiger charge is 2.25. The number of benzene rings is 3. The van der Waals surface area contributed by atoms with E-state index in [1.54, 1.807) is 0 Å². The van der Waals surface area contributed by atoms with Gasteiger partial charge in [0.05, 0.1) is 0 Å². The van der Waals surface area contributed by atoms with Crippen molar-refractivity contribution in [1.29, 1.82) is 0 Å². The van der Waals surface area contributed by atoms with Crippen LogP contribution < -0.4 is 0 Å². The fraction of sp³-hybridized carbons (Fsp3) is 0.0526. The molecule has 88 valence electrons. The van der Waals surface area contributed by atoms with Crippen LogP contribution in [-0.4, -0.2) is 0 Å². The summed E-state index contributed by atoms with van der Waals surface area (Å²) in [5.74, 6) is 0. The van der Waals surface area contributed by atoms with Crippen molar-refractivity contribution in [2.75, 3.05) is 0 Å². The van der Waals surface area contributed by atoms with Crippen LogP contribution in [0, 0.1) is 0 Å². The van der Waals surface area contributed by atoms with Gasteiger partial charge < -0.3 is 0 Å². The molecule has 0 nitrogen and oxygen atoms in total. The van der Waals surface area contributed by atoms with Gasteiger partial charge in [-0.3, -0.25) is 0 Å². The number of hydrogen-bond acceptors (Lipinski definition) is 0. The van der Waals surface area contributed by atoms with E-state index in [0.29, 0.717) is 0 Å². The van der Waals surface area contributed by atoms with Gasteiger partial charge in [-0.25, -0.2) is 0 Å². The van der Waals surface area contributed by atoms with Crippen LogP contribution in [0.4, 0.5) is 0 Å². The lowest BCUT2D eigenvalue weighted by Gasteiger charge is -2.08. The zero-order valence-electron chi connectivity index (χ0n) is 10.5. The summed E-state index contributed by atoms with van der Waals surface area (Å²) in [6.45, 7) is 0. The van der Waals surface area contributed by atoms with E-state index >= 15 is 0 Å². The van der Waals surface area contributed by atoms with Crippen molar-refractivity contribution in [2.45, 2.75) is 6.42 Å². The van der Waals surface area contributed by atoms with E-state index in [2.05, 4.69) is 60.7 Å². The second-order valence-corrected chi connectivity index (χ2v) is 5.37. The van der Waals surface area contributed by atoms with E-state index in [-0.39, 0.29) is 0 Å². The minimum absolute atomic E-state index is 1.07. The largest absolute Gasteiger partial charge is 0.0795 e. The summed E-state index contributed by atoms with van der Waals surface area (Å²) < 4.78 is 0. The molecule has 2 aliphatic carbocycles. The van der Waals surface area contributed by atoms with E-state index < -0.39 is 0 Å². The molecular weight excluding hydrogens is 228 g/mol. The third kappa shape index (κ3) is 1.05. The molecule has 2 aliphatic rings. The zero-order valence-corrected chi connectivity index (χ0v) is 10.5. The van der Waals surface area contributed by atoms with Gasteiger partial charge in [0.25, 0.3) is 0 Å². The van der Waals surface area contributed by atoms with E-state index in [1.165, 1.54) is 44.2 Å². The third-order valence-corrected chi connectivity index (χ3v) is 4.43. The molecule has 0 fully saturated rings. The molecule has 0 saturated heterocycles. The number of allylic oxidation sites excluding steroid dienone is 1. The Morgan fingerprint density at radius 2 is 1.58 bits per heavy atom. The van der Waals surface area contributed by atoms with E-state index in [0.717, 1.165) is 6.42 Å². The average Bonchev–Trinajstić information content (AvgIpc) is 3.04. The Morgan fingerprint density at radius 3 is 2.47 bits per heavy atom. The molecule has 0 atom stereocenters. The quantitative estimate of drug-likeness (QED) is 0.403. The Kier molecular flexibility index (Phi) is 1.59. The van der Waals surface area contributed by atoms with Gasteiger partial charge >= 0.3 is 0 Å². The molecular formula is C19H12. The van der Waals surface area contributed by atoms with Crippen molar-refractivity contribution in [3.63, 3.8) is 0 Å². The Labute approximate surface area is 112 Å².